The maximum absolute atomic E-state index is 12.4. The highest BCUT2D eigenvalue weighted by Crippen LogP contribution is 2.19. The van der Waals surface area contributed by atoms with Crippen LogP contribution in [0.25, 0.3) is 0 Å². The van der Waals surface area contributed by atoms with Crippen LogP contribution < -0.4 is 4.74 Å². The normalized spacial score (nSPS) is 12.9. The van der Waals surface area contributed by atoms with Crippen molar-refractivity contribution < 1.29 is 27.8 Å². The van der Waals surface area contributed by atoms with Gasteiger partial charge < -0.3 is 14.7 Å². The lowest BCUT2D eigenvalue weighted by Crippen LogP contribution is -2.46. The Kier molecular flexibility index (Phi) is 6.29. The summed E-state index contributed by atoms with van der Waals surface area (Å²) in [5, 5.41) is 9.24. The van der Waals surface area contributed by atoms with E-state index in [2.05, 4.69) is 0 Å². The summed E-state index contributed by atoms with van der Waals surface area (Å²) in [5.41, 5.74) is 0. The highest BCUT2D eigenvalue weighted by atomic mass is 35.5. The van der Waals surface area contributed by atoms with Crippen LogP contribution in [0.5, 0.6) is 5.75 Å². The largest absolute Gasteiger partial charge is 0.481 e. The van der Waals surface area contributed by atoms with Gasteiger partial charge in [-0.05, 0) is 31.2 Å². The number of benzene rings is 1. The third-order valence-corrected chi connectivity index (χ3v) is 2.78. The molecule has 0 heterocycles. The molecule has 0 aromatic heterocycles. The van der Waals surface area contributed by atoms with Crippen molar-refractivity contribution in [3.8, 4) is 5.75 Å². The second-order valence-corrected chi connectivity index (χ2v) is 4.75. The van der Waals surface area contributed by atoms with E-state index in [0.29, 0.717) is 15.7 Å². The highest BCUT2D eigenvalue weighted by molar-refractivity contribution is 6.30. The maximum Gasteiger partial charge on any atom is 0.406 e. The SMILES string of the molecule is CC(Oc1ccc(Cl)cc1)C(=O)N(CCO)CC(F)(F)F. The molecule has 0 aliphatic rings. The molecule has 0 aliphatic carbocycles. The molecule has 1 atom stereocenters. The first-order valence-corrected chi connectivity index (χ1v) is 6.49. The molecule has 0 aliphatic heterocycles. The fourth-order valence-electron chi connectivity index (χ4n) is 1.63. The Balaban J connectivity index is 2.71. The Bertz CT molecular complexity index is 465. The number of hydrogen-bond acceptors (Lipinski definition) is 3. The fraction of sp³-hybridized carbons (Fsp3) is 0.462. The van der Waals surface area contributed by atoms with Gasteiger partial charge in [0.15, 0.2) is 6.10 Å². The average Bonchev–Trinajstić information content (AvgIpc) is 2.38. The molecule has 1 aromatic carbocycles. The molecule has 1 N–H and O–H groups in total. The van der Waals surface area contributed by atoms with Crippen LogP contribution in [-0.2, 0) is 4.79 Å². The van der Waals surface area contributed by atoms with Crippen LogP contribution in [0.15, 0.2) is 24.3 Å². The molecule has 118 valence electrons. The number of carbonyl (C=O) groups excluding carboxylic acids is 1. The van der Waals surface area contributed by atoms with Gasteiger partial charge in [0.1, 0.15) is 12.3 Å². The molecule has 1 rings (SSSR count). The molecule has 4 nitrogen and oxygen atoms in total. The summed E-state index contributed by atoms with van der Waals surface area (Å²) in [7, 11) is 0. The predicted octanol–water partition coefficient (Wildman–Crippen LogP) is 2.49. The third kappa shape index (κ3) is 6.22. The molecule has 0 radical (unpaired) electrons. The lowest BCUT2D eigenvalue weighted by molar-refractivity contribution is -0.165. The van der Waals surface area contributed by atoms with E-state index in [1.165, 1.54) is 31.2 Å². The molecule has 0 saturated heterocycles. The maximum atomic E-state index is 12.4. The van der Waals surface area contributed by atoms with E-state index in [1.807, 2.05) is 0 Å². The molecular weight excluding hydrogens is 311 g/mol. The minimum atomic E-state index is -4.54. The van der Waals surface area contributed by atoms with Gasteiger partial charge >= 0.3 is 6.18 Å². The second kappa shape index (κ2) is 7.51. The van der Waals surface area contributed by atoms with Gasteiger partial charge in [-0.15, -0.1) is 0 Å². The molecular formula is C13H15ClF3NO3. The number of alkyl halides is 3. The van der Waals surface area contributed by atoms with Crippen molar-refractivity contribution in [2.75, 3.05) is 19.7 Å². The van der Waals surface area contributed by atoms with Gasteiger partial charge in [0.25, 0.3) is 5.91 Å². The van der Waals surface area contributed by atoms with Crippen molar-refractivity contribution in [1.29, 1.82) is 0 Å². The van der Waals surface area contributed by atoms with E-state index in [0.717, 1.165) is 0 Å². The first kappa shape index (κ1) is 17.6. The zero-order valence-electron chi connectivity index (χ0n) is 11.2. The number of rotatable bonds is 6. The van der Waals surface area contributed by atoms with Crippen LogP contribution >= 0.6 is 11.6 Å². The molecule has 21 heavy (non-hydrogen) atoms. The van der Waals surface area contributed by atoms with Crippen LogP contribution in [0, 0.1) is 0 Å². The summed E-state index contributed by atoms with van der Waals surface area (Å²) in [6.45, 7) is -1.06. The minimum absolute atomic E-state index is 0.316. The fourth-order valence-corrected chi connectivity index (χ4v) is 1.76. The zero-order chi connectivity index (χ0) is 16.0. The van der Waals surface area contributed by atoms with Crippen LogP contribution in [0.1, 0.15) is 6.92 Å². The van der Waals surface area contributed by atoms with E-state index in [9.17, 15) is 18.0 Å². The summed E-state index contributed by atoms with van der Waals surface area (Å²) in [5.74, 6) is -0.535. The molecule has 0 spiro atoms. The number of nitrogens with zero attached hydrogens (tertiary/aromatic N) is 1. The Morgan fingerprint density at radius 2 is 1.95 bits per heavy atom. The molecule has 1 aromatic rings. The van der Waals surface area contributed by atoms with Crippen molar-refractivity contribution in [3.63, 3.8) is 0 Å². The number of aliphatic hydroxyl groups is 1. The summed E-state index contributed by atoms with van der Waals surface area (Å²) in [4.78, 5) is 12.5. The Morgan fingerprint density at radius 3 is 2.43 bits per heavy atom. The number of ether oxygens (including phenoxy) is 1. The molecule has 8 heteroatoms. The van der Waals surface area contributed by atoms with Crippen molar-refractivity contribution >= 4 is 17.5 Å². The van der Waals surface area contributed by atoms with Gasteiger partial charge in [-0.3, -0.25) is 4.79 Å². The average molecular weight is 326 g/mol. The summed E-state index contributed by atoms with van der Waals surface area (Å²) >= 11 is 5.69. The monoisotopic (exact) mass is 325 g/mol. The van der Waals surface area contributed by atoms with Gasteiger partial charge in [0.05, 0.1) is 6.61 Å². The first-order valence-electron chi connectivity index (χ1n) is 6.11. The Morgan fingerprint density at radius 1 is 1.38 bits per heavy atom. The van der Waals surface area contributed by atoms with Crippen LogP contribution in [-0.4, -0.2) is 47.9 Å². The zero-order valence-corrected chi connectivity index (χ0v) is 12.0. The first-order chi connectivity index (χ1) is 9.73. The summed E-state index contributed by atoms with van der Waals surface area (Å²) in [6, 6.07) is 6.09. The van der Waals surface area contributed by atoms with Crippen molar-refractivity contribution in [2.24, 2.45) is 0 Å². The predicted molar refractivity (Wildman–Crippen MR) is 71.3 cm³/mol. The number of halogens is 4. The lowest BCUT2D eigenvalue weighted by Gasteiger charge is -2.26. The molecule has 0 fully saturated rings. The van der Waals surface area contributed by atoms with E-state index in [1.54, 1.807) is 0 Å². The Labute approximate surface area is 125 Å². The number of aliphatic hydroxyl groups excluding tert-OH is 1. The second-order valence-electron chi connectivity index (χ2n) is 4.31. The molecule has 0 bridgehead atoms. The van der Waals surface area contributed by atoms with Gasteiger partial charge in [-0.1, -0.05) is 11.6 Å². The lowest BCUT2D eigenvalue weighted by atomic mass is 10.3. The van der Waals surface area contributed by atoms with E-state index in [4.69, 9.17) is 21.4 Å². The quantitative estimate of drug-likeness (QED) is 0.874. The summed E-state index contributed by atoms with van der Waals surface area (Å²) in [6.07, 6.45) is -5.65. The van der Waals surface area contributed by atoms with Crippen LogP contribution in [0.4, 0.5) is 13.2 Å². The topological polar surface area (TPSA) is 49.8 Å². The third-order valence-electron chi connectivity index (χ3n) is 2.53. The highest BCUT2D eigenvalue weighted by Gasteiger charge is 2.34. The molecule has 1 amide bonds. The van der Waals surface area contributed by atoms with E-state index >= 15 is 0 Å². The minimum Gasteiger partial charge on any atom is -0.481 e. The molecule has 1 unspecified atom stereocenters. The van der Waals surface area contributed by atoms with Gasteiger partial charge in [-0.2, -0.15) is 13.2 Å². The van der Waals surface area contributed by atoms with E-state index < -0.39 is 37.9 Å². The van der Waals surface area contributed by atoms with Crippen molar-refractivity contribution in [2.45, 2.75) is 19.2 Å². The Hall–Kier alpha value is -1.47. The van der Waals surface area contributed by atoms with Crippen LogP contribution in [0.2, 0.25) is 5.02 Å². The number of carbonyl (C=O) groups is 1. The smallest absolute Gasteiger partial charge is 0.406 e. The van der Waals surface area contributed by atoms with Gasteiger partial charge in [0, 0.05) is 11.6 Å². The van der Waals surface area contributed by atoms with Gasteiger partial charge in [0.2, 0.25) is 0 Å². The summed E-state index contributed by atoms with van der Waals surface area (Å²) < 4.78 is 42.5. The van der Waals surface area contributed by atoms with Crippen molar-refractivity contribution in [3.05, 3.63) is 29.3 Å². The number of amides is 1. The molecule has 0 saturated carbocycles. The van der Waals surface area contributed by atoms with Crippen molar-refractivity contribution in [1.82, 2.24) is 4.90 Å². The van der Waals surface area contributed by atoms with E-state index in [-0.39, 0.29) is 0 Å². The van der Waals surface area contributed by atoms with Crippen LogP contribution in [0.3, 0.4) is 0 Å². The number of hydrogen-bond donors (Lipinski definition) is 1. The van der Waals surface area contributed by atoms with Gasteiger partial charge in [-0.25, -0.2) is 0 Å². The standard InChI is InChI=1S/C13H15ClF3NO3/c1-9(21-11-4-2-10(14)3-5-11)12(20)18(6-7-19)8-13(15,16)17/h2-5,9,19H,6-8H2,1H3.